The number of imide groups is 1. The molecule has 3 aromatic carbocycles. The van der Waals surface area contributed by atoms with Crippen LogP contribution in [0.15, 0.2) is 60.7 Å². The van der Waals surface area contributed by atoms with Crippen LogP contribution in [0.4, 0.5) is 14.9 Å². The van der Waals surface area contributed by atoms with Gasteiger partial charge >= 0.3 is 12.0 Å². The fourth-order valence-corrected chi connectivity index (χ4v) is 3.75. The van der Waals surface area contributed by atoms with Gasteiger partial charge in [-0.15, -0.1) is 0 Å². The number of amides is 4. The molecule has 1 heterocycles. The van der Waals surface area contributed by atoms with Gasteiger partial charge in [-0.25, -0.2) is 14.0 Å². The maximum absolute atomic E-state index is 13.8. The Bertz CT molecular complexity index is 1310. The lowest BCUT2D eigenvalue weighted by Crippen LogP contribution is -2.42. The summed E-state index contributed by atoms with van der Waals surface area (Å²) in [4.78, 5) is 50.7. The van der Waals surface area contributed by atoms with E-state index >= 15 is 0 Å². The van der Waals surface area contributed by atoms with E-state index < -0.39 is 41.7 Å². The van der Waals surface area contributed by atoms with E-state index in [1.54, 1.807) is 13.0 Å². The molecule has 168 valence electrons. The standard InChI is InChI=1S/C24H20FN3O5/c1-24(16-8-7-14-5-3-4-6-15(14)11-16)22(31)28(23(32)27-24)13-20(29)26-17-9-10-19(25)18(12-17)21(30)33-2/h3-12H,13H2,1-2H3,(H,26,29)(H,27,32). The summed E-state index contributed by atoms with van der Waals surface area (Å²) in [6.45, 7) is 1.02. The number of carbonyl (C=O) groups is 4. The van der Waals surface area contributed by atoms with E-state index in [-0.39, 0.29) is 11.3 Å². The van der Waals surface area contributed by atoms with Crippen LogP contribution in [0.1, 0.15) is 22.8 Å². The minimum absolute atomic E-state index is 0.117. The predicted molar refractivity (Wildman–Crippen MR) is 118 cm³/mol. The molecule has 1 saturated heterocycles. The zero-order chi connectivity index (χ0) is 23.8. The van der Waals surface area contributed by atoms with E-state index in [4.69, 9.17) is 0 Å². The van der Waals surface area contributed by atoms with Gasteiger partial charge in [0.1, 0.15) is 17.9 Å². The molecular weight excluding hydrogens is 429 g/mol. The van der Waals surface area contributed by atoms with Gasteiger partial charge in [0.25, 0.3) is 5.91 Å². The average Bonchev–Trinajstić information content (AvgIpc) is 3.03. The summed E-state index contributed by atoms with van der Waals surface area (Å²) in [5, 5.41) is 7.03. The van der Waals surface area contributed by atoms with Gasteiger partial charge in [-0.05, 0) is 47.5 Å². The van der Waals surface area contributed by atoms with Crippen molar-refractivity contribution >= 4 is 40.3 Å². The Labute approximate surface area is 188 Å². The molecule has 3 aromatic rings. The van der Waals surface area contributed by atoms with Gasteiger partial charge in [0, 0.05) is 5.69 Å². The summed E-state index contributed by atoms with van der Waals surface area (Å²) < 4.78 is 18.3. The lowest BCUT2D eigenvalue weighted by molar-refractivity contribution is -0.133. The maximum Gasteiger partial charge on any atom is 0.340 e. The largest absolute Gasteiger partial charge is 0.465 e. The molecule has 1 aliphatic heterocycles. The van der Waals surface area contributed by atoms with Crippen molar-refractivity contribution in [3.63, 3.8) is 0 Å². The van der Waals surface area contributed by atoms with E-state index in [1.165, 1.54) is 6.07 Å². The highest BCUT2D eigenvalue weighted by molar-refractivity contribution is 6.10. The molecule has 1 aliphatic rings. The number of hydrogen-bond donors (Lipinski definition) is 2. The summed E-state index contributed by atoms with van der Waals surface area (Å²) in [5.41, 5.74) is -0.987. The highest BCUT2D eigenvalue weighted by Crippen LogP contribution is 2.31. The Balaban J connectivity index is 1.52. The van der Waals surface area contributed by atoms with E-state index in [9.17, 15) is 23.6 Å². The molecule has 1 atom stereocenters. The second kappa shape index (κ2) is 8.34. The summed E-state index contributed by atoms with van der Waals surface area (Å²) >= 11 is 0. The van der Waals surface area contributed by atoms with Crippen LogP contribution in [-0.2, 0) is 19.9 Å². The van der Waals surface area contributed by atoms with Gasteiger partial charge in [-0.3, -0.25) is 14.5 Å². The van der Waals surface area contributed by atoms with Crippen molar-refractivity contribution < 1.29 is 28.3 Å². The van der Waals surface area contributed by atoms with Crippen molar-refractivity contribution in [3.8, 4) is 0 Å². The van der Waals surface area contributed by atoms with Crippen LogP contribution in [0.25, 0.3) is 10.8 Å². The normalized spacial score (nSPS) is 17.7. The Morgan fingerprint density at radius 2 is 1.79 bits per heavy atom. The summed E-state index contributed by atoms with van der Waals surface area (Å²) in [6, 6.07) is 15.7. The van der Waals surface area contributed by atoms with Crippen LogP contribution in [0.2, 0.25) is 0 Å². The van der Waals surface area contributed by atoms with Gasteiger partial charge in [0.05, 0.1) is 12.7 Å². The number of esters is 1. The van der Waals surface area contributed by atoms with E-state index in [1.807, 2.05) is 36.4 Å². The summed E-state index contributed by atoms with van der Waals surface area (Å²) in [7, 11) is 1.11. The maximum atomic E-state index is 13.8. The molecule has 4 amide bonds. The second-order valence-electron chi connectivity index (χ2n) is 7.74. The molecule has 8 nitrogen and oxygen atoms in total. The monoisotopic (exact) mass is 449 g/mol. The number of nitrogens with one attached hydrogen (secondary N) is 2. The number of urea groups is 1. The molecule has 0 aliphatic carbocycles. The van der Waals surface area contributed by atoms with Crippen LogP contribution in [0, 0.1) is 5.82 Å². The quantitative estimate of drug-likeness (QED) is 0.460. The lowest BCUT2D eigenvalue weighted by atomic mass is 9.90. The molecule has 33 heavy (non-hydrogen) atoms. The van der Waals surface area contributed by atoms with Crippen LogP contribution in [-0.4, -0.2) is 42.4 Å². The number of halogens is 1. The minimum atomic E-state index is -1.34. The molecule has 0 bridgehead atoms. The molecule has 0 aromatic heterocycles. The molecule has 9 heteroatoms. The smallest absolute Gasteiger partial charge is 0.340 e. The van der Waals surface area contributed by atoms with Gasteiger partial charge in [-0.2, -0.15) is 0 Å². The van der Waals surface area contributed by atoms with Crippen LogP contribution < -0.4 is 10.6 Å². The number of rotatable bonds is 5. The molecule has 1 fully saturated rings. The number of methoxy groups -OCH3 is 1. The number of ether oxygens (including phenoxy) is 1. The van der Waals surface area contributed by atoms with Crippen molar-refractivity contribution in [2.45, 2.75) is 12.5 Å². The van der Waals surface area contributed by atoms with Gasteiger partial charge in [0.15, 0.2) is 0 Å². The van der Waals surface area contributed by atoms with E-state index in [2.05, 4.69) is 15.4 Å². The zero-order valence-corrected chi connectivity index (χ0v) is 17.8. The van der Waals surface area contributed by atoms with Gasteiger partial charge in [-0.1, -0.05) is 36.4 Å². The van der Waals surface area contributed by atoms with Crippen LogP contribution in [0.3, 0.4) is 0 Å². The lowest BCUT2D eigenvalue weighted by Gasteiger charge is -2.22. The number of hydrogen-bond acceptors (Lipinski definition) is 5. The molecule has 1 unspecified atom stereocenters. The third kappa shape index (κ3) is 4.00. The molecule has 0 saturated carbocycles. The average molecular weight is 449 g/mol. The second-order valence-corrected chi connectivity index (χ2v) is 7.74. The SMILES string of the molecule is COC(=O)c1cc(NC(=O)CN2C(=O)NC(C)(c3ccc4ccccc4c3)C2=O)ccc1F. The molecule has 4 rings (SSSR count). The number of fused-ring (bicyclic) bond motifs is 1. The van der Waals surface area contributed by atoms with Crippen molar-refractivity contribution in [1.29, 1.82) is 0 Å². The Morgan fingerprint density at radius 3 is 2.52 bits per heavy atom. The van der Waals surface area contributed by atoms with Crippen LogP contribution in [0.5, 0.6) is 0 Å². The first kappa shape index (κ1) is 21.9. The zero-order valence-electron chi connectivity index (χ0n) is 17.8. The topological polar surface area (TPSA) is 105 Å². The van der Waals surface area contributed by atoms with E-state index in [0.717, 1.165) is 34.9 Å². The van der Waals surface area contributed by atoms with Crippen molar-refractivity contribution in [1.82, 2.24) is 10.2 Å². The number of carbonyl (C=O) groups excluding carboxylic acids is 4. The number of benzene rings is 3. The molecule has 2 N–H and O–H groups in total. The first-order valence-electron chi connectivity index (χ1n) is 10.0. The highest BCUT2D eigenvalue weighted by atomic mass is 19.1. The molecule has 0 radical (unpaired) electrons. The summed E-state index contributed by atoms with van der Waals surface area (Å²) in [6.07, 6.45) is 0. The Morgan fingerprint density at radius 1 is 1.06 bits per heavy atom. The first-order valence-corrected chi connectivity index (χ1v) is 10.0. The van der Waals surface area contributed by atoms with Gasteiger partial charge < -0.3 is 15.4 Å². The third-order valence-electron chi connectivity index (χ3n) is 5.56. The highest BCUT2D eigenvalue weighted by Gasteiger charge is 2.49. The first-order chi connectivity index (χ1) is 15.7. The van der Waals surface area contributed by atoms with Crippen molar-refractivity contribution in [2.24, 2.45) is 0 Å². The molecule has 0 spiro atoms. The fraction of sp³-hybridized carbons (Fsp3) is 0.167. The fourth-order valence-electron chi connectivity index (χ4n) is 3.75. The van der Waals surface area contributed by atoms with E-state index in [0.29, 0.717) is 5.56 Å². The summed E-state index contributed by atoms with van der Waals surface area (Å²) in [5.74, 6) is -2.97. The minimum Gasteiger partial charge on any atom is -0.465 e. The number of nitrogens with zero attached hydrogens (tertiary/aromatic N) is 1. The van der Waals surface area contributed by atoms with Crippen LogP contribution >= 0.6 is 0 Å². The van der Waals surface area contributed by atoms with Crippen molar-refractivity contribution in [2.75, 3.05) is 19.0 Å². The van der Waals surface area contributed by atoms with Crippen molar-refractivity contribution in [3.05, 3.63) is 77.6 Å². The number of anilines is 1. The molecular formula is C24H20FN3O5. The predicted octanol–water partition coefficient (Wildman–Crippen LogP) is 3.17. The third-order valence-corrected chi connectivity index (χ3v) is 5.56. The van der Waals surface area contributed by atoms with Gasteiger partial charge in [0.2, 0.25) is 5.91 Å². The Hall–Kier alpha value is -4.27. The Kier molecular flexibility index (Phi) is 5.55.